The zero-order valence-electron chi connectivity index (χ0n) is 8.20. The maximum absolute atomic E-state index is 12.5. The van der Waals surface area contributed by atoms with Crippen molar-refractivity contribution in [3.8, 4) is 5.75 Å². The zero-order valence-corrected chi connectivity index (χ0v) is 8.20. The van der Waals surface area contributed by atoms with E-state index in [-0.39, 0.29) is 17.8 Å². The smallest absolute Gasteiger partial charge is 0.280 e. The number of nitrogens with two attached hydrogens (primary N) is 1. The van der Waals surface area contributed by atoms with E-state index >= 15 is 0 Å². The molecule has 0 bridgehead atoms. The summed E-state index contributed by atoms with van der Waals surface area (Å²) in [6.07, 6.45) is -2.73. The molecule has 1 aromatic rings. The van der Waals surface area contributed by atoms with Gasteiger partial charge in [-0.25, -0.2) is 13.8 Å². The van der Waals surface area contributed by atoms with Gasteiger partial charge in [-0.2, -0.15) is 0 Å². The number of hydrogen-bond acceptors (Lipinski definition) is 4. The van der Waals surface area contributed by atoms with Gasteiger partial charge in [0, 0.05) is 12.1 Å². The minimum Gasteiger partial charge on any atom is -0.495 e. The Morgan fingerprint density at radius 3 is 2.67 bits per heavy atom. The Balaban J connectivity index is 3.27. The lowest BCUT2D eigenvalue weighted by Crippen LogP contribution is -2.08. The number of rotatable bonds is 4. The SMILES string of the molecule is COc1cc(CO)c(C(F)F)nc1CN. The standard InChI is InChI=1S/C9H12F2N2O2/c1-15-7-2-5(4-14)8(9(10)11)13-6(7)3-12/h2,9,14H,3-4,12H2,1H3. The first-order chi connectivity index (χ1) is 7.13. The third-order valence-corrected chi connectivity index (χ3v) is 1.96. The van der Waals surface area contributed by atoms with E-state index in [0.29, 0.717) is 5.75 Å². The Bertz CT molecular complexity index is 345. The van der Waals surface area contributed by atoms with Crippen molar-refractivity contribution in [2.24, 2.45) is 5.73 Å². The van der Waals surface area contributed by atoms with Gasteiger partial charge in [0.05, 0.1) is 19.4 Å². The van der Waals surface area contributed by atoms with Gasteiger partial charge in [-0.1, -0.05) is 0 Å². The van der Waals surface area contributed by atoms with Gasteiger partial charge in [-0.3, -0.25) is 0 Å². The van der Waals surface area contributed by atoms with Crippen LogP contribution in [0.2, 0.25) is 0 Å². The lowest BCUT2D eigenvalue weighted by atomic mass is 10.1. The molecular weight excluding hydrogens is 206 g/mol. The molecule has 84 valence electrons. The Kier molecular flexibility index (Phi) is 3.93. The number of nitrogens with zero attached hydrogens (tertiary/aromatic N) is 1. The summed E-state index contributed by atoms with van der Waals surface area (Å²) in [5.41, 5.74) is 5.20. The number of pyridine rings is 1. The van der Waals surface area contributed by atoms with Crippen molar-refractivity contribution in [3.05, 3.63) is 23.0 Å². The third kappa shape index (κ3) is 2.40. The molecule has 0 fully saturated rings. The first kappa shape index (κ1) is 11.8. The molecule has 0 aliphatic carbocycles. The lowest BCUT2D eigenvalue weighted by molar-refractivity contribution is 0.141. The van der Waals surface area contributed by atoms with E-state index in [2.05, 4.69) is 4.98 Å². The van der Waals surface area contributed by atoms with E-state index in [1.54, 1.807) is 0 Å². The summed E-state index contributed by atoms with van der Waals surface area (Å²) in [4.78, 5) is 3.67. The molecule has 0 saturated heterocycles. The first-order valence-corrected chi connectivity index (χ1v) is 4.29. The van der Waals surface area contributed by atoms with Gasteiger partial charge >= 0.3 is 0 Å². The molecule has 0 saturated carbocycles. The van der Waals surface area contributed by atoms with E-state index in [0.717, 1.165) is 0 Å². The van der Waals surface area contributed by atoms with Crippen LogP contribution in [-0.4, -0.2) is 17.2 Å². The molecule has 3 N–H and O–H groups in total. The zero-order chi connectivity index (χ0) is 11.4. The Hall–Kier alpha value is -1.27. The fraction of sp³-hybridized carbons (Fsp3) is 0.444. The number of hydrogen-bond donors (Lipinski definition) is 2. The van der Waals surface area contributed by atoms with Crippen LogP contribution in [-0.2, 0) is 13.2 Å². The Morgan fingerprint density at radius 2 is 2.27 bits per heavy atom. The molecule has 0 aliphatic heterocycles. The van der Waals surface area contributed by atoms with Crippen molar-refractivity contribution in [2.75, 3.05) is 7.11 Å². The van der Waals surface area contributed by atoms with Gasteiger partial charge in [-0.05, 0) is 6.07 Å². The van der Waals surface area contributed by atoms with Crippen molar-refractivity contribution in [3.63, 3.8) is 0 Å². The monoisotopic (exact) mass is 218 g/mol. The van der Waals surface area contributed by atoms with E-state index in [9.17, 15) is 8.78 Å². The predicted octanol–water partition coefficient (Wildman–Crippen LogP) is 0.979. The summed E-state index contributed by atoms with van der Waals surface area (Å²) in [6, 6.07) is 1.33. The van der Waals surface area contributed by atoms with E-state index in [1.165, 1.54) is 13.2 Å². The minimum atomic E-state index is -2.73. The quantitative estimate of drug-likeness (QED) is 0.790. The number of aliphatic hydroxyl groups is 1. The van der Waals surface area contributed by atoms with Gasteiger partial charge in [0.2, 0.25) is 0 Å². The normalized spacial score (nSPS) is 10.8. The highest BCUT2D eigenvalue weighted by Crippen LogP contribution is 2.26. The van der Waals surface area contributed by atoms with Crippen molar-refractivity contribution >= 4 is 0 Å². The summed E-state index contributed by atoms with van der Waals surface area (Å²) in [5, 5.41) is 8.89. The third-order valence-electron chi connectivity index (χ3n) is 1.96. The van der Waals surface area contributed by atoms with Crippen molar-refractivity contribution in [1.82, 2.24) is 4.98 Å². The van der Waals surface area contributed by atoms with Crippen LogP contribution in [0.4, 0.5) is 8.78 Å². The topological polar surface area (TPSA) is 68.4 Å². The molecule has 0 spiro atoms. The number of alkyl halides is 2. The molecule has 0 radical (unpaired) electrons. The minimum absolute atomic E-state index is 0.00853. The fourth-order valence-electron chi connectivity index (χ4n) is 1.23. The number of methoxy groups -OCH3 is 1. The summed E-state index contributed by atoms with van der Waals surface area (Å²) < 4.78 is 29.9. The van der Waals surface area contributed by atoms with E-state index in [1.807, 2.05) is 0 Å². The van der Waals surface area contributed by atoms with Crippen LogP contribution in [0.5, 0.6) is 5.75 Å². The van der Waals surface area contributed by atoms with Crippen LogP contribution in [0.3, 0.4) is 0 Å². The van der Waals surface area contributed by atoms with Crippen molar-refractivity contribution < 1.29 is 18.6 Å². The summed E-state index contributed by atoms with van der Waals surface area (Å²) >= 11 is 0. The lowest BCUT2D eigenvalue weighted by Gasteiger charge is -2.11. The highest BCUT2D eigenvalue weighted by atomic mass is 19.3. The molecule has 15 heavy (non-hydrogen) atoms. The molecule has 0 aliphatic rings. The number of halogens is 2. The summed E-state index contributed by atoms with van der Waals surface area (Å²) in [6.45, 7) is -0.498. The van der Waals surface area contributed by atoms with Gasteiger partial charge in [0.1, 0.15) is 11.4 Å². The van der Waals surface area contributed by atoms with Gasteiger partial charge in [0.15, 0.2) is 0 Å². The highest BCUT2D eigenvalue weighted by molar-refractivity contribution is 5.35. The van der Waals surface area contributed by atoms with Crippen LogP contribution in [0.1, 0.15) is 23.4 Å². The van der Waals surface area contributed by atoms with Crippen LogP contribution in [0.25, 0.3) is 0 Å². The summed E-state index contributed by atoms with van der Waals surface area (Å²) in [7, 11) is 1.39. The predicted molar refractivity (Wildman–Crippen MR) is 49.6 cm³/mol. The van der Waals surface area contributed by atoms with Crippen molar-refractivity contribution in [1.29, 1.82) is 0 Å². The highest BCUT2D eigenvalue weighted by Gasteiger charge is 2.18. The maximum Gasteiger partial charge on any atom is 0.280 e. The number of ether oxygens (including phenoxy) is 1. The first-order valence-electron chi connectivity index (χ1n) is 4.29. The van der Waals surface area contributed by atoms with Crippen LogP contribution in [0, 0.1) is 0 Å². The largest absolute Gasteiger partial charge is 0.495 e. The molecule has 1 heterocycles. The second-order valence-electron chi connectivity index (χ2n) is 2.84. The van der Waals surface area contributed by atoms with E-state index in [4.69, 9.17) is 15.6 Å². The molecule has 1 aromatic heterocycles. The molecule has 1 rings (SSSR count). The molecular formula is C9H12F2N2O2. The van der Waals surface area contributed by atoms with Gasteiger partial charge < -0.3 is 15.6 Å². The fourth-order valence-corrected chi connectivity index (χ4v) is 1.23. The molecule has 0 aromatic carbocycles. The Morgan fingerprint density at radius 1 is 1.60 bits per heavy atom. The average molecular weight is 218 g/mol. The molecule has 0 amide bonds. The molecule has 0 atom stereocenters. The second kappa shape index (κ2) is 4.99. The Labute approximate surface area is 85.7 Å². The molecule has 4 nitrogen and oxygen atoms in total. The van der Waals surface area contributed by atoms with Crippen LogP contribution >= 0.6 is 0 Å². The maximum atomic E-state index is 12.5. The molecule has 6 heteroatoms. The van der Waals surface area contributed by atoms with Crippen LogP contribution < -0.4 is 10.5 Å². The van der Waals surface area contributed by atoms with Gasteiger partial charge in [-0.15, -0.1) is 0 Å². The van der Waals surface area contributed by atoms with E-state index < -0.39 is 18.7 Å². The number of aromatic nitrogens is 1. The van der Waals surface area contributed by atoms with Crippen molar-refractivity contribution in [2.45, 2.75) is 19.6 Å². The molecule has 0 unspecified atom stereocenters. The summed E-state index contributed by atoms with van der Waals surface area (Å²) in [5.74, 6) is 0.311. The van der Waals surface area contributed by atoms with Crippen LogP contribution in [0.15, 0.2) is 6.07 Å². The number of aliphatic hydroxyl groups excluding tert-OH is 1. The van der Waals surface area contributed by atoms with Gasteiger partial charge in [0.25, 0.3) is 6.43 Å². The second-order valence-corrected chi connectivity index (χ2v) is 2.84. The average Bonchev–Trinajstić information content (AvgIpc) is 2.26.